The molecule has 0 radical (unpaired) electrons. The van der Waals surface area contributed by atoms with Gasteiger partial charge in [0.15, 0.2) is 0 Å². The summed E-state index contributed by atoms with van der Waals surface area (Å²) in [5, 5.41) is 5.42. The molecule has 31 heavy (non-hydrogen) atoms. The highest BCUT2D eigenvalue weighted by molar-refractivity contribution is 7.90. The van der Waals surface area contributed by atoms with Gasteiger partial charge in [-0.25, -0.2) is 13.1 Å². The molecule has 0 amide bonds. The van der Waals surface area contributed by atoms with Gasteiger partial charge in [0.05, 0.1) is 29.0 Å². The van der Waals surface area contributed by atoms with Crippen molar-refractivity contribution in [2.24, 2.45) is 0 Å². The molecule has 2 aromatic carbocycles. The summed E-state index contributed by atoms with van der Waals surface area (Å²) >= 11 is 0. The predicted octanol–water partition coefficient (Wildman–Crippen LogP) is 4.74. The first kappa shape index (κ1) is 20.5. The van der Waals surface area contributed by atoms with Gasteiger partial charge in [-0.3, -0.25) is 4.68 Å². The summed E-state index contributed by atoms with van der Waals surface area (Å²) in [6.07, 6.45) is 7.84. The first-order chi connectivity index (χ1) is 15.0. The second-order valence-electron chi connectivity index (χ2n) is 8.85. The molecule has 5 rings (SSSR count). The topological polar surface area (TPSA) is 73.2 Å². The molecule has 164 valence electrons. The molecule has 0 aliphatic heterocycles. The average Bonchev–Trinajstić information content (AvgIpc) is 3.35. The number of nitrogens with one attached hydrogen (secondary N) is 1. The zero-order valence-corrected chi connectivity index (χ0v) is 18.6. The van der Waals surface area contributed by atoms with Crippen LogP contribution in [0, 0.1) is 0 Å². The summed E-state index contributed by atoms with van der Waals surface area (Å²) in [5.74, 6) is 0.713. The quantitative estimate of drug-likeness (QED) is 0.550. The first-order valence-corrected chi connectivity index (χ1v) is 12.8. The number of nitrogens with zero attached hydrogens (tertiary/aromatic N) is 2. The van der Waals surface area contributed by atoms with Crippen LogP contribution in [0.1, 0.15) is 63.2 Å². The van der Waals surface area contributed by atoms with Gasteiger partial charge in [0.1, 0.15) is 11.9 Å². The Bertz CT molecular complexity index is 1150. The van der Waals surface area contributed by atoms with Crippen LogP contribution in [0.25, 0.3) is 10.9 Å². The summed E-state index contributed by atoms with van der Waals surface area (Å²) in [6, 6.07) is 15.9. The second kappa shape index (κ2) is 8.28. The van der Waals surface area contributed by atoms with Crippen LogP contribution in [0.15, 0.2) is 54.7 Å². The van der Waals surface area contributed by atoms with Crippen molar-refractivity contribution < 1.29 is 13.2 Å². The molecule has 0 saturated heterocycles. The Labute approximate surface area is 183 Å². The van der Waals surface area contributed by atoms with E-state index in [1.807, 2.05) is 55.6 Å². The van der Waals surface area contributed by atoms with E-state index >= 15 is 0 Å². The van der Waals surface area contributed by atoms with E-state index in [-0.39, 0.29) is 5.25 Å². The van der Waals surface area contributed by atoms with E-state index in [0.717, 1.165) is 29.3 Å². The maximum Gasteiger partial charge on any atom is 0.214 e. The number of aromatic nitrogens is 2. The molecule has 2 saturated carbocycles. The summed E-state index contributed by atoms with van der Waals surface area (Å²) in [6.45, 7) is 1.87. The van der Waals surface area contributed by atoms with Gasteiger partial charge < -0.3 is 4.74 Å². The van der Waals surface area contributed by atoms with Crippen LogP contribution in [0.2, 0.25) is 0 Å². The van der Waals surface area contributed by atoms with E-state index in [1.165, 1.54) is 25.7 Å². The van der Waals surface area contributed by atoms with Crippen molar-refractivity contribution in [3.8, 4) is 5.75 Å². The monoisotopic (exact) mass is 439 g/mol. The molecule has 6 nitrogen and oxygen atoms in total. The van der Waals surface area contributed by atoms with Crippen molar-refractivity contribution in [1.82, 2.24) is 14.5 Å². The molecule has 2 aliphatic rings. The lowest BCUT2D eigenvalue weighted by Gasteiger charge is -2.26. The highest BCUT2D eigenvalue weighted by atomic mass is 32.2. The summed E-state index contributed by atoms with van der Waals surface area (Å²) < 4.78 is 36.4. The number of fused-ring (bicyclic) bond motifs is 1. The van der Waals surface area contributed by atoms with Gasteiger partial charge >= 0.3 is 0 Å². The van der Waals surface area contributed by atoms with Gasteiger partial charge in [-0.2, -0.15) is 5.10 Å². The molecule has 2 fully saturated rings. The Morgan fingerprint density at radius 1 is 1.06 bits per heavy atom. The third-order valence-corrected chi connectivity index (χ3v) is 8.45. The van der Waals surface area contributed by atoms with E-state index in [1.54, 1.807) is 0 Å². The lowest BCUT2D eigenvalue weighted by Crippen LogP contribution is -2.40. The van der Waals surface area contributed by atoms with Crippen LogP contribution in [0.5, 0.6) is 5.75 Å². The van der Waals surface area contributed by atoms with Gasteiger partial charge in [-0.05, 0) is 56.4 Å². The van der Waals surface area contributed by atoms with E-state index in [4.69, 9.17) is 4.74 Å². The zero-order valence-electron chi connectivity index (χ0n) is 17.8. The SMILES string of the molecule is C[C@H](NS(=O)(=O)C1CC1)[C@@H](Oc1ccc2c(cnn2C2CCCC2)c1)c1ccccc1. The molecule has 1 N–H and O–H groups in total. The van der Waals surface area contributed by atoms with E-state index in [2.05, 4.69) is 20.6 Å². The maximum absolute atomic E-state index is 12.5. The molecule has 3 aromatic rings. The molecular weight excluding hydrogens is 410 g/mol. The van der Waals surface area contributed by atoms with Gasteiger partial charge in [-0.1, -0.05) is 43.2 Å². The Morgan fingerprint density at radius 2 is 1.81 bits per heavy atom. The molecule has 0 bridgehead atoms. The third-order valence-electron chi connectivity index (χ3n) is 6.40. The van der Waals surface area contributed by atoms with E-state index in [0.29, 0.717) is 11.8 Å². The summed E-state index contributed by atoms with van der Waals surface area (Å²) in [7, 11) is -3.32. The van der Waals surface area contributed by atoms with Crippen LogP contribution < -0.4 is 9.46 Å². The standard InChI is InChI=1S/C24H29N3O3S/c1-17(26-31(28,29)22-12-13-22)24(18-7-3-2-4-8-18)30-21-11-14-23-19(15-21)16-25-27(23)20-9-5-6-10-20/h2-4,7-8,11,14-17,20,22,24,26H,5-6,9-10,12-13H2,1H3/t17-,24+/m0/s1. The van der Waals surface area contributed by atoms with Gasteiger partial charge in [0, 0.05) is 5.39 Å². The van der Waals surface area contributed by atoms with Crippen LogP contribution in [-0.4, -0.2) is 29.5 Å². The summed E-state index contributed by atoms with van der Waals surface area (Å²) in [4.78, 5) is 0. The van der Waals surface area contributed by atoms with E-state index < -0.39 is 22.2 Å². The Kier molecular flexibility index (Phi) is 5.48. The van der Waals surface area contributed by atoms with Crippen molar-refractivity contribution in [2.75, 3.05) is 0 Å². The fourth-order valence-corrected chi connectivity index (χ4v) is 6.18. The smallest absolute Gasteiger partial charge is 0.214 e. The Morgan fingerprint density at radius 3 is 2.52 bits per heavy atom. The normalized spacial score (nSPS) is 19.5. The molecular formula is C24H29N3O3S. The van der Waals surface area contributed by atoms with Crippen molar-refractivity contribution in [1.29, 1.82) is 0 Å². The Hall–Kier alpha value is -2.38. The molecule has 2 atom stereocenters. The maximum atomic E-state index is 12.5. The highest BCUT2D eigenvalue weighted by Gasteiger charge is 2.38. The Balaban J connectivity index is 1.41. The van der Waals surface area contributed by atoms with Crippen LogP contribution in [-0.2, 0) is 10.0 Å². The molecule has 0 unspecified atom stereocenters. The minimum Gasteiger partial charge on any atom is -0.484 e. The molecule has 7 heteroatoms. The van der Waals surface area contributed by atoms with Crippen molar-refractivity contribution in [2.45, 2.75) is 68.9 Å². The minimum atomic E-state index is -3.32. The predicted molar refractivity (Wildman–Crippen MR) is 122 cm³/mol. The van der Waals surface area contributed by atoms with Crippen molar-refractivity contribution in [3.05, 3.63) is 60.3 Å². The van der Waals surface area contributed by atoms with Crippen LogP contribution in [0.3, 0.4) is 0 Å². The number of benzene rings is 2. The summed E-state index contributed by atoms with van der Waals surface area (Å²) in [5.41, 5.74) is 2.06. The fraction of sp³-hybridized carbons (Fsp3) is 0.458. The second-order valence-corrected chi connectivity index (χ2v) is 10.8. The highest BCUT2D eigenvalue weighted by Crippen LogP contribution is 2.34. The molecule has 2 aliphatic carbocycles. The first-order valence-electron chi connectivity index (χ1n) is 11.2. The number of rotatable bonds is 8. The minimum absolute atomic E-state index is 0.260. The zero-order chi connectivity index (χ0) is 21.4. The molecule has 0 spiro atoms. The van der Waals surface area contributed by atoms with E-state index in [9.17, 15) is 8.42 Å². The average molecular weight is 440 g/mol. The lowest BCUT2D eigenvalue weighted by molar-refractivity contribution is 0.173. The number of hydrogen-bond donors (Lipinski definition) is 1. The molecule has 1 aromatic heterocycles. The van der Waals surface area contributed by atoms with Gasteiger partial charge in [-0.15, -0.1) is 0 Å². The van der Waals surface area contributed by atoms with Crippen molar-refractivity contribution in [3.63, 3.8) is 0 Å². The number of sulfonamides is 1. The van der Waals surface area contributed by atoms with Gasteiger partial charge in [0.2, 0.25) is 10.0 Å². The molecule has 1 heterocycles. The van der Waals surface area contributed by atoms with Crippen LogP contribution >= 0.6 is 0 Å². The lowest BCUT2D eigenvalue weighted by atomic mass is 10.0. The van der Waals surface area contributed by atoms with Gasteiger partial charge in [0.25, 0.3) is 0 Å². The number of hydrogen-bond acceptors (Lipinski definition) is 4. The number of ether oxygens (including phenoxy) is 1. The van der Waals surface area contributed by atoms with Crippen molar-refractivity contribution >= 4 is 20.9 Å². The van der Waals surface area contributed by atoms with Crippen LogP contribution in [0.4, 0.5) is 0 Å². The third kappa shape index (κ3) is 4.34. The largest absolute Gasteiger partial charge is 0.484 e. The fourth-order valence-electron chi connectivity index (χ4n) is 4.59.